The maximum absolute atomic E-state index is 12.7. The van der Waals surface area contributed by atoms with E-state index in [4.69, 9.17) is 14.6 Å². The van der Waals surface area contributed by atoms with Gasteiger partial charge in [-0.25, -0.2) is 0 Å². The fourth-order valence-electron chi connectivity index (χ4n) is 3.21. The number of aromatic amines is 1. The van der Waals surface area contributed by atoms with Gasteiger partial charge in [0.1, 0.15) is 0 Å². The van der Waals surface area contributed by atoms with Gasteiger partial charge in [-0.1, -0.05) is 13.0 Å². The van der Waals surface area contributed by atoms with Crippen LogP contribution in [0.3, 0.4) is 0 Å². The van der Waals surface area contributed by atoms with Gasteiger partial charge < -0.3 is 20.1 Å². The molecule has 29 heavy (non-hydrogen) atoms. The molecule has 1 saturated heterocycles. The summed E-state index contributed by atoms with van der Waals surface area (Å²) < 4.78 is 5.44. The van der Waals surface area contributed by atoms with Crippen LogP contribution in [0, 0.1) is 0 Å². The second-order valence-corrected chi connectivity index (χ2v) is 6.33. The van der Waals surface area contributed by atoms with Gasteiger partial charge in [0.15, 0.2) is 0 Å². The third kappa shape index (κ3) is 6.51. The predicted molar refractivity (Wildman–Crippen MR) is 107 cm³/mol. The maximum atomic E-state index is 12.7. The van der Waals surface area contributed by atoms with Crippen LogP contribution in [0.25, 0.3) is 0 Å². The van der Waals surface area contributed by atoms with Crippen molar-refractivity contribution < 1.29 is 19.4 Å². The van der Waals surface area contributed by atoms with E-state index in [1.165, 1.54) is 6.07 Å². The molecular formula is C20H26N4O5. The zero-order chi connectivity index (χ0) is 21.1. The Balaban J connectivity index is 0.000000941. The molecule has 1 fully saturated rings. The van der Waals surface area contributed by atoms with Crippen LogP contribution < -0.4 is 10.9 Å². The molecule has 1 amide bonds. The smallest absolute Gasteiger partial charge is 0.290 e. The van der Waals surface area contributed by atoms with Gasteiger partial charge in [-0.05, 0) is 24.1 Å². The Morgan fingerprint density at radius 2 is 2.10 bits per heavy atom. The molecule has 156 valence electrons. The van der Waals surface area contributed by atoms with Crippen molar-refractivity contribution in [2.45, 2.75) is 19.4 Å². The van der Waals surface area contributed by atoms with E-state index in [1.807, 2.05) is 25.3 Å². The number of aromatic nitrogens is 2. The van der Waals surface area contributed by atoms with Crippen molar-refractivity contribution in [2.75, 3.05) is 32.8 Å². The molecule has 9 heteroatoms. The number of carbonyl (C=O) groups is 2. The fraction of sp³-hybridized carbons (Fsp3) is 0.400. The number of aryl methyl sites for hydroxylation is 1. The maximum Gasteiger partial charge on any atom is 0.290 e. The van der Waals surface area contributed by atoms with Crippen LogP contribution in [0.1, 0.15) is 34.6 Å². The molecule has 9 nitrogen and oxygen atoms in total. The van der Waals surface area contributed by atoms with E-state index in [9.17, 15) is 9.59 Å². The molecule has 1 aliphatic heterocycles. The number of morpholine rings is 1. The second kappa shape index (κ2) is 11.7. The first kappa shape index (κ1) is 22.3. The minimum absolute atomic E-state index is 0.0318. The van der Waals surface area contributed by atoms with E-state index >= 15 is 0 Å². The lowest BCUT2D eigenvalue weighted by Crippen LogP contribution is -2.44. The van der Waals surface area contributed by atoms with Gasteiger partial charge in [-0.3, -0.25) is 24.3 Å². The number of pyridine rings is 2. The van der Waals surface area contributed by atoms with Gasteiger partial charge in [0, 0.05) is 43.8 Å². The summed E-state index contributed by atoms with van der Waals surface area (Å²) in [5.74, 6) is -0.180. The second-order valence-electron chi connectivity index (χ2n) is 6.33. The minimum atomic E-state index is -0.250. The van der Waals surface area contributed by atoms with Crippen LogP contribution in [0.2, 0.25) is 0 Å². The molecule has 1 unspecified atom stereocenters. The van der Waals surface area contributed by atoms with E-state index in [0.29, 0.717) is 37.4 Å². The van der Waals surface area contributed by atoms with Gasteiger partial charge in [-0.2, -0.15) is 0 Å². The van der Waals surface area contributed by atoms with Crippen LogP contribution in [0.15, 0.2) is 41.5 Å². The fourth-order valence-corrected chi connectivity index (χ4v) is 3.21. The first-order chi connectivity index (χ1) is 14.1. The normalized spacial score (nSPS) is 14.9. The molecular weight excluding hydrogens is 376 g/mol. The predicted octanol–water partition coefficient (Wildman–Crippen LogP) is 0.836. The summed E-state index contributed by atoms with van der Waals surface area (Å²) in [5, 5.41) is 9.91. The first-order valence-electron chi connectivity index (χ1n) is 9.40. The van der Waals surface area contributed by atoms with Gasteiger partial charge >= 0.3 is 0 Å². The van der Waals surface area contributed by atoms with Gasteiger partial charge in [0.05, 0.1) is 24.8 Å². The van der Waals surface area contributed by atoms with Crippen molar-refractivity contribution in [3.63, 3.8) is 0 Å². The summed E-state index contributed by atoms with van der Waals surface area (Å²) in [6.45, 7) is 5.12. The Morgan fingerprint density at radius 1 is 1.38 bits per heavy atom. The Morgan fingerprint density at radius 3 is 2.72 bits per heavy atom. The molecule has 0 aliphatic carbocycles. The first-order valence-corrected chi connectivity index (χ1v) is 9.40. The number of hydrogen-bond donors (Lipinski definition) is 3. The number of amides is 1. The molecule has 1 aliphatic rings. The summed E-state index contributed by atoms with van der Waals surface area (Å²) >= 11 is 0. The molecule has 1 atom stereocenters. The monoisotopic (exact) mass is 402 g/mol. The summed E-state index contributed by atoms with van der Waals surface area (Å²) in [6, 6.07) is 6.93. The van der Waals surface area contributed by atoms with Crippen molar-refractivity contribution in [1.29, 1.82) is 0 Å². The lowest BCUT2D eigenvalue weighted by Gasteiger charge is -2.34. The minimum Gasteiger partial charge on any atom is -0.483 e. The highest BCUT2D eigenvalue weighted by molar-refractivity contribution is 5.95. The molecule has 3 rings (SSSR count). The lowest BCUT2D eigenvalue weighted by molar-refractivity contribution is -0.122. The Labute approximate surface area is 168 Å². The largest absolute Gasteiger partial charge is 0.483 e. The third-order valence-corrected chi connectivity index (χ3v) is 4.61. The highest BCUT2D eigenvalue weighted by Gasteiger charge is 2.24. The number of rotatable bonds is 6. The van der Waals surface area contributed by atoms with Crippen molar-refractivity contribution in [3.8, 4) is 0 Å². The van der Waals surface area contributed by atoms with E-state index in [0.717, 1.165) is 18.7 Å². The van der Waals surface area contributed by atoms with E-state index in [1.54, 1.807) is 12.3 Å². The molecule has 0 spiro atoms. The van der Waals surface area contributed by atoms with Crippen molar-refractivity contribution in [1.82, 2.24) is 20.2 Å². The molecule has 2 aromatic heterocycles. The molecule has 3 heterocycles. The number of H-pyrrole nitrogens is 1. The van der Waals surface area contributed by atoms with E-state index < -0.39 is 0 Å². The van der Waals surface area contributed by atoms with E-state index in [2.05, 4.69) is 20.2 Å². The van der Waals surface area contributed by atoms with Crippen molar-refractivity contribution >= 4 is 12.4 Å². The topological polar surface area (TPSA) is 125 Å². The highest BCUT2D eigenvalue weighted by Crippen LogP contribution is 2.20. The van der Waals surface area contributed by atoms with Crippen LogP contribution in [0.5, 0.6) is 0 Å². The number of nitrogens with one attached hydrogen (secondary N) is 2. The molecule has 0 aromatic carbocycles. The Hall–Kier alpha value is -3.04. The Bertz CT molecular complexity index is 834. The van der Waals surface area contributed by atoms with Gasteiger partial charge in [-0.15, -0.1) is 0 Å². The van der Waals surface area contributed by atoms with Crippen LogP contribution in [0.4, 0.5) is 0 Å². The number of carboxylic acid groups (broad SMARTS) is 1. The highest BCUT2D eigenvalue weighted by atomic mass is 16.5. The summed E-state index contributed by atoms with van der Waals surface area (Å²) in [4.78, 5) is 41.7. The zero-order valence-electron chi connectivity index (χ0n) is 16.3. The molecule has 0 bridgehead atoms. The summed E-state index contributed by atoms with van der Waals surface area (Å²) in [5.41, 5.74) is 2.03. The van der Waals surface area contributed by atoms with Crippen LogP contribution in [-0.4, -0.2) is 65.2 Å². The quantitative estimate of drug-likeness (QED) is 0.612. The van der Waals surface area contributed by atoms with E-state index in [-0.39, 0.29) is 24.0 Å². The number of hydrogen-bond acceptors (Lipinski definition) is 6. The number of carbonyl (C=O) groups excluding carboxylic acids is 1. The Kier molecular flexibility index (Phi) is 9.00. The van der Waals surface area contributed by atoms with Crippen molar-refractivity contribution in [2.24, 2.45) is 0 Å². The number of ether oxygens (including phenoxy) is 1. The third-order valence-electron chi connectivity index (χ3n) is 4.61. The van der Waals surface area contributed by atoms with Crippen molar-refractivity contribution in [3.05, 3.63) is 63.8 Å². The molecule has 2 aromatic rings. The zero-order valence-corrected chi connectivity index (χ0v) is 16.3. The average molecular weight is 402 g/mol. The number of nitrogens with zero attached hydrogens (tertiary/aromatic N) is 2. The molecule has 0 saturated carbocycles. The summed E-state index contributed by atoms with van der Waals surface area (Å²) in [7, 11) is 0. The average Bonchev–Trinajstić information content (AvgIpc) is 2.75. The molecule has 0 radical (unpaired) electrons. The SMILES string of the molecule is CCc1[nH]c(=O)ccc1C(=O)NCC(c1cccnc1)N1CCOCC1.O=CO. The lowest BCUT2D eigenvalue weighted by atomic mass is 10.1. The van der Waals surface area contributed by atoms with Crippen LogP contribution in [-0.2, 0) is 16.0 Å². The summed E-state index contributed by atoms with van der Waals surface area (Å²) in [6.07, 6.45) is 4.17. The standard InChI is InChI=1S/C19H24N4O3.CH2O2/c1-2-16-15(5-6-18(24)22-16)19(25)21-13-17(14-4-3-7-20-12-14)23-8-10-26-11-9-23;2-1-3/h3-7,12,17H,2,8-11,13H2,1H3,(H,21,25)(H,22,24);1H,(H,2,3). The van der Waals surface area contributed by atoms with Gasteiger partial charge in [0.2, 0.25) is 5.56 Å². The van der Waals surface area contributed by atoms with Gasteiger partial charge in [0.25, 0.3) is 12.4 Å². The van der Waals surface area contributed by atoms with Crippen LogP contribution >= 0.6 is 0 Å². The molecule has 3 N–H and O–H groups in total.